The van der Waals surface area contributed by atoms with Gasteiger partial charge in [0, 0.05) is 19.4 Å². The lowest BCUT2D eigenvalue weighted by atomic mass is 10.1. The fourth-order valence-corrected chi connectivity index (χ4v) is 7.34. The van der Waals surface area contributed by atoms with Crippen LogP contribution in [0.3, 0.4) is 0 Å². The van der Waals surface area contributed by atoms with Crippen LogP contribution in [0.15, 0.2) is 122 Å². The minimum Gasteiger partial charge on any atom is -0.462 e. The van der Waals surface area contributed by atoms with Gasteiger partial charge < -0.3 is 14.2 Å². The van der Waals surface area contributed by atoms with E-state index in [4.69, 9.17) is 14.2 Å². The molecule has 0 saturated heterocycles. The second kappa shape index (κ2) is 57.6. The second-order valence-electron chi connectivity index (χ2n) is 18.1. The maximum Gasteiger partial charge on any atom is 0.306 e. The van der Waals surface area contributed by atoms with Crippen molar-refractivity contribution >= 4 is 11.9 Å². The summed E-state index contributed by atoms with van der Waals surface area (Å²) in [7, 11) is 0. The maximum atomic E-state index is 12.8. The van der Waals surface area contributed by atoms with E-state index in [0.717, 1.165) is 135 Å². The van der Waals surface area contributed by atoms with Gasteiger partial charge in [0.2, 0.25) is 0 Å². The summed E-state index contributed by atoms with van der Waals surface area (Å²) in [5.41, 5.74) is 0. The van der Waals surface area contributed by atoms with Crippen LogP contribution < -0.4 is 0 Å². The summed E-state index contributed by atoms with van der Waals surface area (Å²) in [6.07, 6.45) is 80.7. The SMILES string of the molecule is CC/C=C\C/C=C\C/C=C\C/C=C\C/C=C\CCCCCCOCC(COC(=O)CCCCCCCCC/C=C\C/C=C\C/C=C\CC)OC(=O)CCCCCCC/C=C\C/C=C\CCCCC. The Morgan fingerprint density at radius 2 is 0.662 bits per heavy atom. The zero-order chi connectivity index (χ0) is 49.2. The highest BCUT2D eigenvalue weighted by Gasteiger charge is 2.17. The molecule has 0 aromatic rings. The average Bonchev–Trinajstić information content (AvgIpc) is 3.34. The van der Waals surface area contributed by atoms with Gasteiger partial charge in [0.1, 0.15) is 6.61 Å². The molecule has 0 spiro atoms. The Bertz CT molecular complexity index is 1390. The standard InChI is InChI=1S/C63H104O5/c1-4-7-10-13-16-19-22-25-28-30-31-32-34-37-40-43-46-49-52-55-58-66-59-61(68-63(65)57-54-51-48-45-42-39-35-27-24-21-18-15-12-9-6-3)60-67-62(64)56-53-50-47-44-41-38-36-33-29-26-23-20-17-14-11-8-5-2/h7-8,10-11,16-21,25-29,31-32,35,37,40,61H,4-6,9,12-15,22-24,30,33-34,36,38-39,41-60H2,1-3H3/b10-7-,11-8-,19-16-,20-17-,21-18-,28-25-,29-26-,32-31-,35-27-,40-37-. The predicted octanol–water partition coefficient (Wildman–Crippen LogP) is 19.3. The summed E-state index contributed by atoms with van der Waals surface area (Å²) in [4.78, 5) is 25.5. The highest BCUT2D eigenvalue weighted by Crippen LogP contribution is 2.13. The van der Waals surface area contributed by atoms with Crippen molar-refractivity contribution < 1.29 is 23.8 Å². The lowest BCUT2D eigenvalue weighted by Crippen LogP contribution is -2.30. The number of ether oxygens (including phenoxy) is 3. The van der Waals surface area contributed by atoms with Gasteiger partial charge in [0.05, 0.1) is 6.61 Å². The predicted molar refractivity (Wildman–Crippen MR) is 297 cm³/mol. The van der Waals surface area contributed by atoms with Crippen molar-refractivity contribution in [1.82, 2.24) is 0 Å². The van der Waals surface area contributed by atoms with Crippen LogP contribution in [-0.2, 0) is 23.8 Å². The summed E-state index contributed by atoms with van der Waals surface area (Å²) in [6.45, 7) is 7.49. The molecule has 0 aromatic heterocycles. The van der Waals surface area contributed by atoms with Crippen molar-refractivity contribution in [3.63, 3.8) is 0 Å². The molecule has 386 valence electrons. The summed E-state index contributed by atoms with van der Waals surface area (Å²) >= 11 is 0. The average molecular weight is 942 g/mol. The number of hydrogen-bond acceptors (Lipinski definition) is 5. The van der Waals surface area contributed by atoms with Gasteiger partial charge in [-0.1, -0.05) is 219 Å². The number of rotatable bonds is 50. The van der Waals surface area contributed by atoms with Gasteiger partial charge in [0.25, 0.3) is 0 Å². The molecular weight excluding hydrogens is 837 g/mol. The van der Waals surface area contributed by atoms with E-state index in [1.165, 1.54) is 70.6 Å². The first-order chi connectivity index (χ1) is 33.6. The highest BCUT2D eigenvalue weighted by atomic mass is 16.6. The molecule has 5 heteroatoms. The van der Waals surface area contributed by atoms with Crippen LogP contribution in [0.5, 0.6) is 0 Å². The van der Waals surface area contributed by atoms with Crippen molar-refractivity contribution in [3.05, 3.63) is 122 Å². The van der Waals surface area contributed by atoms with Gasteiger partial charge in [-0.3, -0.25) is 9.59 Å². The van der Waals surface area contributed by atoms with Crippen LogP contribution >= 0.6 is 0 Å². The third-order valence-electron chi connectivity index (χ3n) is 11.5. The Kier molecular flexibility index (Phi) is 54.5. The van der Waals surface area contributed by atoms with Crippen LogP contribution in [0.1, 0.15) is 239 Å². The second-order valence-corrected chi connectivity index (χ2v) is 18.1. The van der Waals surface area contributed by atoms with E-state index >= 15 is 0 Å². The Labute approximate surface area is 420 Å². The quantitative estimate of drug-likeness (QED) is 0.0345. The fourth-order valence-electron chi connectivity index (χ4n) is 7.34. The minimum absolute atomic E-state index is 0.0566. The molecule has 0 aromatic carbocycles. The number of allylic oxidation sites excluding steroid dienone is 20. The molecule has 0 N–H and O–H groups in total. The Hall–Kier alpha value is -3.70. The summed E-state index contributed by atoms with van der Waals surface area (Å²) < 4.78 is 17.4. The summed E-state index contributed by atoms with van der Waals surface area (Å²) in [5, 5.41) is 0. The van der Waals surface area contributed by atoms with Crippen molar-refractivity contribution in [2.45, 2.75) is 245 Å². The monoisotopic (exact) mass is 941 g/mol. The molecule has 0 saturated carbocycles. The van der Waals surface area contributed by atoms with Gasteiger partial charge in [-0.15, -0.1) is 0 Å². The molecule has 0 aliphatic carbocycles. The lowest BCUT2D eigenvalue weighted by Gasteiger charge is -2.18. The molecule has 1 unspecified atom stereocenters. The van der Waals surface area contributed by atoms with Gasteiger partial charge in [-0.2, -0.15) is 0 Å². The molecule has 0 heterocycles. The number of carbonyl (C=O) groups is 2. The van der Waals surface area contributed by atoms with Crippen molar-refractivity contribution in [2.24, 2.45) is 0 Å². The Morgan fingerprint density at radius 3 is 1.06 bits per heavy atom. The minimum atomic E-state index is -0.570. The number of carbonyl (C=O) groups excluding carboxylic acids is 2. The van der Waals surface area contributed by atoms with Gasteiger partial charge >= 0.3 is 11.9 Å². The normalized spacial score (nSPS) is 13.2. The molecule has 0 amide bonds. The van der Waals surface area contributed by atoms with Crippen LogP contribution in [-0.4, -0.2) is 37.9 Å². The first-order valence-corrected chi connectivity index (χ1v) is 28.1. The summed E-state index contributed by atoms with van der Waals surface area (Å²) in [5.74, 6) is -0.444. The lowest BCUT2D eigenvalue weighted by molar-refractivity contribution is -0.163. The topological polar surface area (TPSA) is 61.8 Å². The molecule has 0 fully saturated rings. The Balaban J connectivity index is 4.39. The van der Waals surface area contributed by atoms with E-state index in [9.17, 15) is 9.59 Å². The van der Waals surface area contributed by atoms with E-state index < -0.39 is 6.10 Å². The molecular formula is C63H104O5. The van der Waals surface area contributed by atoms with Crippen molar-refractivity contribution in [3.8, 4) is 0 Å². The first kappa shape index (κ1) is 64.3. The largest absolute Gasteiger partial charge is 0.462 e. The van der Waals surface area contributed by atoms with Crippen LogP contribution in [0.4, 0.5) is 0 Å². The van der Waals surface area contributed by atoms with Gasteiger partial charge in [-0.25, -0.2) is 0 Å². The zero-order valence-electron chi connectivity index (χ0n) is 44.3. The number of esters is 2. The van der Waals surface area contributed by atoms with E-state index in [2.05, 4.69) is 142 Å². The molecule has 5 nitrogen and oxygen atoms in total. The first-order valence-electron chi connectivity index (χ1n) is 28.1. The molecule has 0 aliphatic rings. The zero-order valence-corrected chi connectivity index (χ0v) is 44.3. The van der Waals surface area contributed by atoms with Crippen LogP contribution in [0.2, 0.25) is 0 Å². The van der Waals surface area contributed by atoms with E-state index in [-0.39, 0.29) is 25.2 Å². The number of unbranched alkanes of at least 4 members (excludes halogenated alkanes) is 19. The van der Waals surface area contributed by atoms with Crippen LogP contribution in [0, 0.1) is 0 Å². The molecule has 68 heavy (non-hydrogen) atoms. The van der Waals surface area contributed by atoms with E-state index in [0.29, 0.717) is 19.4 Å². The van der Waals surface area contributed by atoms with Crippen molar-refractivity contribution in [1.29, 1.82) is 0 Å². The molecule has 0 bridgehead atoms. The van der Waals surface area contributed by atoms with Gasteiger partial charge in [-0.05, 0) is 128 Å². The van der Waals surface area contributed by atoms with Gasteiger partial charge in [0.15, 0.2) is 6.10 Å². The highest BCUT2D eigenvalue weighted by molar-refractivity contribution is 5.70. The number of hydrogen-bond donors (Lipinski definition) is 0. The van der Waals surface area contributed by atoms with Crippen molar-refractivity contribution in [2.75, 3.05) is 19.8 Å². The molecule has 0 aliphatic heterocycles. The summed E-state index contributed by atoms with van der Waals surface area (Å²) in [6, 6.07) is 0. The molecule has 1 atom stereocenters. The maximum absolute atomic E-state index is 12.8. The molecule has 0 rings (SSSR count). The van der Waals surface area contributed by atoms with E-state index in [1.807, 2.05) is 0 Å². The van der Waals surface area contributed by atoms with E-state index in [1.54, 1.807) is 0 Å². The smallest absolute Gasteiger partial charge is 0.306 e. The third-order valence-corrected chi connectivity index (χ3v) is 11.5. The van der Waals surface area contributed by atoms with Crippen LogP contribution in [0.25, 0.3) is 0 Å². The molecule has 0 radical (unpaired) electrons. The Morgan fingerprint density at radius 1 is 0.338 bits per heavy atom. The third kappa shape index (κ3) is 54.9. The fraction of sp³-hybridized carbons (Fsp3) is 0.651.